The van der Waals surface area contributed by atoms with Gasteiger partial charge in [0.1, 0.15) is 11.6 Å². The molecule has 13 heteroatoms. The topological polar surface area (TPSA) is 58.6 Å². The predicted molar refractivity (Wildman–Crippen MR) is 119 cm³/mol. The van der Waals surface area contributed by atoms with Crippen molar-refractivity contribution in [3.63, 3.8) is 0 Å². The highest BCUT2D eigenvalue weighted by Crippen LogP contribution is 2.38. The molecule has 0 aliphatic carbocycles. The molecule has 5 nitrogen and oxygen atoms in total. The summed E-state index contributed by atoms with van der Waals surface area (Å²) in [5.41, 5.74) is -4.17. The lowest BCUT2D eigenvalue weighted by molar-refractivity contribution is -0.143. The molecule has 0 radical (unpaired) electrons. The van der Waals surface area contributed by atoms with E-state index in [1.54, 1.807) is 0 Å². The third-order valence-electron chi connectivity index (χ3n) is 5.39. The molecular formula is C24H14ClF7N2O3. The minimum atomic E-state index is -5.13. The Balaban J connectivity index is 1.67. The average molecular weight is 547 g/mol. The quantitative estimate of drug-likeness (QED) is 0.371. The van der Waals surface area contributed by atoms with Crippen LogP contribution in [-0.2, 0) is 23.7 Å². The molecule has 2 amide bonds. The first-order valence-corrected chi connectivity index (χ1v) is 10.7. The van der Waals surface area contributed by atoms with Gasteiger partial charge in [0.05, 0.1) is 23.4 Å². The minimum Gasteiger partial charge on any atom is -0.482 e. The van der Waals surface area contributed by atoms with Gasteiger partial charge in [-0.05, 0) is 48.5 Å². The van der Waals surface area contributed by atoms with Gasteiger partial charge in [0, 0.05) is 21.8 Å². The van der Waals surface area contributed by atoms with Crippen LogP contribution in [0.1, 0.15) is 27.0 Å². The normalized spacial score (nSPS) is 13.7. The van der Waals surface area contributed by atoms with Crippen molar-refractivity contribution in [2.24, 2.45) is 0 Å². The summed E-state index contributed by atoms with van der Waals surface area (Å²) in [6, 6.07) is 8.27. The minimum absolute atomic E-state index is 0.00320. The van der Waals surface area contributed by atoms with Crippen LogP contribution in [0, 0.1) is 5.82 Å². The van der Waals surface area contributed by atoms with E-state index in [2.05, 4.69) is 5.32 Å². The van der Waals surface area contributed by atoms with E-state index in [1.165, 1.54) is 30.3 Å². The Bertz CT molecular complexity index is 1340. The average Bonchev–Trinajstić information content (AvgIpc) is 2.81. The van der Waals surface area contributed by atoms with Crippen molar-refractivity contribution in [1.29, 1.82) is 0 Å². The van der Waals surface area contributed by atoms with E-state index in [0.29, 0.717) is 12.1 Å². The summed E-state index contributed by atoms with van der Waals surface area (Å²) in [5.74, 6) is -2.35. The summed E-state index contributed by atoms with van der Waals surface area (Å²) in [5, 5.41) is 2.27. The van der Waals surface area contributed by atoms with Crippen LogP contribution in [0.15, 0.2) is 54.6 Å². The lowest BCUT2D eigenvalue weighted by Crippen LogP contribution is -2.38. The molecule has 1 heterocycles. The van der Waals surface area contributed by atoms with Crippen LogP contribution >= 0.6 is 11.6 Å². The van der Waals surface area contributed by atoms with E-state index in [4.69, 9.17) is 16.3 Å². The number of fused-ring (bicyclic) bond motifs is 1. The SMILES string of the molecule is O=C(Nc1ccc2c(c1)N(Cc1c(F)cccc1Cl)C(=O)CO2)c1cc(C(F)(F)F)cc(C(F)(F)F)c1. The van der Waals surface area contributed by atoms with Crippen LogP contribution in [0.25, 0.3) is 0 Å². The van der Waals surface area contributed by atoms with Gasteiger partial charge in [-0.2, -0.15) is 26.3 Å². The maximum Gasteiger partial charge on any atom is 0.416 e. The highest BCUT2D eigenvalue weighted by molar-refractivity contribution is 6.31. The fourth-order valence-electron chi connectivity index (χ4n) is 3.58. The van der Waals surface area contributed by atoms with E-state index in [0.717, 1.165) is 11.0 Å². The van der Waals surface area contributed by atoms with Gasteiger partial charge in [0.25, 0.3) is 11.8 Å². The van der Waals surface area contributed by atoms with Crippen LogP contribution in [0.5, 0.6) is 5.75 Å². The number of nitrogens with zero attached hydrogens (tertiary/aromatic N) is 1. The number of carbonyl (C=O) groups is 2. The summed E-state index contributed by atoms with van der Waals surface area (Å²) < 4.78 is 98.5. The molecule has 3 aromatic rings. The molecule has 37 heavy (non-hydrogen) atoms. The number of amides is 2. The summed E-state index contributed by atoms with van der Waals surface area (Å²) in [7, 11) is 0. The molecule has 194 valence electrons. The van der Waals surface area contributed by atoms with E-state index >= 15 is 0 Å². The molecule has 0 bridgehead atoms. The van der Waals surface area contributed by atoms with Crippen LogP contribution in [-0.4, -0.2) is 18.4 Å². The molecule has 0 saturated heterocycles. The van der Waals surface area contributed by atoms with Crippen molar-refractivity contribution in [2.45, 2.75) is 18.9 Å². The third-order valence-corrected chi connectivity index (χ3v) is 5.74. The van der Waals surface area contributed by atoms with Crippen LogP contribution in [0.4, 0.5) is 42.1 Å². The van der Waals surface area contributed by atoms with Crippen molar-refractivity contribution >= 4 is 34.8 Å². The van der Waals surface area contributed by atoms with Gasteiger partial charge in [-0.1, -0.05) is 17.7 Å². The van der Waals surface area contributed by atoms with Crippen molar-refractivity contribution < 1.29 is 45.1 Å². The molecule has 0 fully saturated rings. The lowest BCUT2D eigenvalue weighted by atomic mass is 10.0. The largest absolute Gasteiger partial charge is 0.482 e. The van der Waals surface area contributed by atoms with Gasteiger partial charge in [-0.3, -0.25) is 9.59 Å². The Morgan fingerprint density at radius 3 is 2.22 bits per heavy atom. The standard InChI is InChI=1S/C24H14ClF7N2O3/c25-17-2-1-3-18(26)16(17)10-34-19-9-15(4-5-20(19)37-11-21(34)35)33-22(36)12-6-13(23(27,28)29)8-14(7-12)24(30,31)32/h1-9H,10-11H2,(H,33,36). The zero-order valence-electron chi connectivity index (χ0n) is 18.3. The number of nitrogens with one attached hydrogen (secondary N) is 1. The Morgan fingerprint density at radius 2 is 1.62 bits per heavy atom. The molecular weight excluding hydrogens is 533 g/mol. The fraction of sp³-hybridized carbons (Fsp3) is 0.167. The highest BCUT2D eigenvalue weighted by Gasteiger charge is 2.37. The van der Waals surface area contributed by atoms with Crippen LogP contribution in [0.2, 0.25) is 5.02 Å². The van der Waals surface area contributed by atoms with Gasteiger partial charge in [0.15, 0.2) is 6.61 Å². The maximum absolute atomic E-state index is 14.3. The Kier molecular flexibility index (Phi) is 6.80. The fourth-order valence-corrected chi connectivity index (χ4v) is 3.81. The first-order chi connectivity index (χ1) is 17.2. The number of hydrogen-bond donors (Lipinski definition) is 1. The Morgan fingerprint density at radius 1 is 0.973 bits per heavy atom. The first-order valence-electron chi connectivity index (χ1n) is 10.3. The molecule has 3 aromatic carbocycles. The van der Waals surface area contributed by atoms with Crippen molar-refractivity contribution in [3.8, 4) is 5.75 Å². The van der Waals surface area contributed by atoms with Gasteiger partial charge in [-0.25, -0.2) is 4.39 Å². The van der Waals surface area contributed by atoms with Crippen molar-refractivity contribution in [3.05, 3.63) is 87.7 Å². The lowest BCUT2D eigenvalue weighted by Gasteiger charge is -2.30. The number of carbonyl (C=O) groups excluding carboxylic acids is 2. The second-order valence-corrected chi connectivity index (χ2v) is 8.31. The molecule has 4 rings (SSSR count). The molecule has 1 aliphatic heterocycles. The smallest absolute Gasteiger partial charge is 0.416 e. The van der Waals surface area contributed by atoms with E-state index in [9.17, 15) is 40.3 Å². The first kappa shape index (κ1) is 26.3. The van der Waals surface area contributed by atoms with Gasteiger partial charge >= 0.3 is 12.4 Å². The van der Waals surface area contributed by atoms with Crippen molar-refractivity contribution in [2.75, 3.05) is 16.8 Å². The number of alkyl halides is 6. The monoisotopic (exact) mass is 546 g/mol. The van der Waals surface area contributed by atoms with E-state index < -0.39 is 46.7 Å². The number of rotatable bonds is 4. The summed E-state index contributed by atoms with van der Waals surface area (Å²) >= 11 is 6.05. The molecule has 1 N–H and O–H groups in total. The highest BCUT2D eigenvalue weighted by atomic mass is 35.5. The Hall–Kier alpha value is -3.80. The number of benzene rings is 3. The molecule has 0 saturated carbocycles. The zero-order valence-corrected chi connectivity index (χ0v) is 19.1. The van der Waals surface area contributed by atoms with Crippen molar-refractivity contribution in [1.82, 2.24) is 0 Å². The van der Waals surface area contributed by atoms with Crippen LogP contribution in [0.3, 0.4) is 0 Å². The molecule has 0 unspecified atom stereocenters. The molecule has 1 aliphatic rings. The number of anilines is 2. The predicted octanol–water partition coefficient (Wildman–Crippen LogP) is 6.69. The maximum atomic E-state index is 14.3. The van der Waals surface area contributed by atoms with Crippen LogP contribution < -0.4 is 15.0 Å². The van der Waals surface area contributed by atoms with E-state index in [-0.39, 0.29) is 46.9 Å². The summed E-state index contributed by atoms with van der Waals surface area (Å²) in [6.45, 7) is -0.685. The second kappa shape index (κ2) is 9.58. The molecule has 0 aromatic heterocycles. The summed E-state index contributed by atoms with van der Waals surface area (Å²) in [4.78, 5) is 26.3. The number of hydrogen-bond acceptors (Lipinski definition) is 3. The molecule has 0 atom stereocenters. The Labute approximate surface area is 209 Å². The third kappa shape index (κ3) is 5.63. The van der Waals surface area contributed by atoms with E-state index in [1.807, 2.05) is 0 Å². The molecule has 0 spiro atoms. The van der Waals surface area contributed by atoms with Gasteiger partial charge in [-0.15, -0.1) is 0 Å². The number of ether oxygens (including phenoxy) is 1. The zero-order chi connectivity index (χ0) is 27.1. The second-order valence-electron chi connectivity index (χ2n) is 7.90. The van der Waals surface area contributed by atoms with Gasteiger partial charge < -0.3 is 15.0 Å². The summed E-state index contributed by atoms with van der Waals surface area (Å²) in [6.07, 6.45) is -10.3. The van der Waals surface area contributed by atoms with Gasteiger partial charge in [0.2, 0.25) is 0 Å². The number of halogens is 8.